The molecule has 0 radical (unpaired) electrons. The number of benzene rings is 1. The molecule has 0 fully saturated rings. The molecule has 0 spiro atoms. The predicted molar refractivity (Wildman–Crippen MR) is 64.7 cm³/mol. The SMILES string of the molecule is CCC(C#N)NC(=O)Cc1ccc(OC(F)(F)F)cc1. The van der Waals surface area contributed by atoms with E-state index in [-0.39, 0.29) is 18.1 Å². The molecule has 7 heteroatoms. The van der Waals surface area contributed by atoms with Gasteiger partial charge in [0.1, 0.15) is 11.8 Å². The lowest BCUT2D eigenvalue weighted by molar-refractivity contribution is -0.274. The second-order valence-corrected chi connectivity index (χ2v) is 4.03. The van der Waals surface area contributed by atoms with Crippen molar-refractivity contribution < 1.29 is 22.7 Å². The maximum absolute atomic E-state index is 12.0. The summed E-state index contributed by atoms with van der Waals surface area (Å²) in [5.74, 6) is -0.701. The smallest absolute Gasteiger partial charge is 0.406 e. The van der Waals surface area contributed by atoms with Crippen LogP contribution in [0.4, 0.5) is 13.2 Å². The Balaban J connectivity index is 2.57. The summed E-state index contributed by atoms with van der Waals surface area (Å²) < 4.78 is 39.6. The van der Waals surface area contributed by atoms with Crippen LogP contribution in [0.1, 0.15) is 18.9 Å². The highest BCUT2D eigenvalue weighted by molar-refractivity contribution is 5.79. The van der Waals surface area contributed by atoms with E-state index in [2.05, 4.69) is 10.1 Å². The van der Waals surface area contributed by atoms with Gasteiger partial charge in [0.2, 0.25) is 5.91 Å². The van der Waals surface area contributed by atoms with Crippen LogP contribution in [0, 0.1) is 11.3 Å². The fourth-order valence-electron chi connectivity index (χ4n) is 1.47. The van der Waals surface area contributed by atoms with E-state index in [4.69, 9.17) is 5.26 Å². The molecular weight excluding hydrogens is 273 g/mol. The van der Waals surface area contributed by atoms with Crippen molar-refractivity contribution >= 4 is 5.91 Å². The van der Waals surface area contributed by atoms with Crippen molar-refractivity contribution in [3.05, 3.63) is 29.8 Å². The average molecular weight is 286 g/mol. The largest absolute Gasteiger partial charge is 0.573 e. The van der Waals surface area contributed by atoms with Crippen molar-refractivity contribution in [2.45, 2.75) is 32.2 Å². The lowest BCUT2D eigenvalue weighted by atomic mass is 10.1. The molecule has 108 valence electrons. The Morgan fingerprint density at radius 1 is 1.40 bits per heavy atom. The number of nitrogens with zero attached hydrogens (tertiary/aromatic N) is 1. The summed E-state index contributed by atoms with van der Waals surface area (Å²) in [6.07, 6.45) is -4.26. The highest BCUT2D eigenvalue weighted by atomic mass is 19.4. The van der Waals surface area contributed by atoms with E-state index in [1.807, 2.05) is 6.07 Å². The summed E-state index contributed by atoms with van der Waals surface area (Å²) in [5, 5.41) is 11.2. The molecule has 0 saturated heterocycles. The van der Waals surface area contributed by atoms with Gasteiger partial charge >= 0.3 is 6.36 Å². The van der Waals surface area contributed by atoms with E-state index in [0.29, 0.717) is 12.0 Å². The van der Waals surface area contributed by atoms with E-state index in [1.54, 1.807) is 6.92 Å². The van der Waals surface area contributed by atoms with Crippen molar-refractivity contribution in [2.24, 2.45) is 0 Å². The van der Waals surface area contributed by atoms with Crippen LogP contribution in [-0.2, 0) is 11.2 Å². The van der Waals surface area contributed by atoms with Crippen molar-refractivity contribution in [3.63, 3.8) is 0 Å². The zero-order valence-corrected chi connectivity index (χ0v) is 10.7. The molecule has 1 atom stereocenters. The van der Waals surface area contributed by atoms with Gasteiger partial charge in [-0.25, -0.2) is 0 Å². The molecule has 1 unspecified atom stereocenters. The second kappa shape index (κ2) is 6.80. The molecule has 0 heterocycles. The number of nitrogens with one attached hydrogen (secondary N) is 1. The number of hydrogen-bond donors (Lipinski definition) is 1. The van der Waals surface area contributed by atoms with Crippen LogP contribution in [-0.4, -0.2) is 18.3 Å². The molecular formula is C13H13F3N2O2. The topological polar surface area (TPSA) is 62.1 Å². The minimum atomic E-state index is -4.74. The average Bonchev–Trinajstić information content (AvgIpc) is 2.36. The number of nitriles is 1. The molecule has 1 amide bonds. The number of ether oxygens (including phenoxy) is 1. The van der Waals surface area contributed by atoms with Gasteiger partial charge in [0.15, 0.2) is 0 Å². The van der Waals surface area contributed by atoms with Gasteiger partial charge in [0.05, 0.1) is 12.5 Å². The van der Waals surface area contributed by atoms with E-state index in [0.717, 1.165) is 12.1 Å². The molecule has 0 aromatic heterocycles. The van der Waals surface area contributed by atoms with Gasteiger partial charge in [-0.3, -0.25) is 4.79 Å². The third-order valence-corrected chi connectivity index (χ3v) is 2.42. The third kappa shape index (κ3) is 5.61. The molecule has 4 nitrogen and oxygen atoms in total. The Morgan fingerprint density at radius 3 is 2.45 bits per heavy atom. The molecule has 0 aliphatic heterocycles. The predicted octanol–water partition coefficient (Wildman–Crippen LogP) is 2.55. The van der Waals surface area contributed by atoms with Gasteiger partial charge < -0.3 is 10.1 Å². The minimum Gasteiger partial charge on any atom is -0.406 e. The summed E-state index contributed by atoms with van der Waals surface area (Å²) in [6.45, 7) is 1.76. The van der Waals surface area contributed by atoms with Gasteiger partial charge in [0, 0.05) is 0 Å². The van der Waals surface area contributed by atoms with Gasteiger partial charge in [-0.05, 0) is 24.1 Å². The number of amides is 1. The lowest BCUT2D eigenvalue weighted by Gasteiger charge is -2.10. The standard InChI is InChI=1S/C13H13F3N2O2/c1-2-10(8-17)18-12(19)7-9-3-5-11(6-4-9)20-13(14,15)16/h3-6,10H,2,7H2,1H3,(H,18,19). The molecule has 1 aromatic carbocycles. The number of hydrogen-bond acceptors (Lipinski definition) is 3. The van der Waals surface area contributed by atoms with E-state index in [1.165, 1.54) is 12.1 Å². The van der Waals surface area contributed by atoms with Gasteiger partial charge in [-0.1, -0.05) is 19.1 Å². The second-order valence-electron chi connectivity index (χ2n) is 4.03. The number of carbonyl (C=O) groups excluding carboxylic acids is 1. The Hall–Kier alpha value is -2.23. The van der Waals surface area contributed by atoms with E-state index in [9.17, 15) is 18.0 Å². The van der Waals surface area contributed by atoms with Crippen molar-refractivity contribution in [2.75, 3.05) is 0 Å². The molecule has 1 rings (SSSR count). The highest BCUT2D eigenvalue weighted by Crippen LogP contribution is 2.22. The monoisotopic (exact) mass is 286 g/mol. The molecule has 1 aromatic rings. The highest BCUT2D eigenvalue weighted by Gasteiger charge is 2.30. The Morgan fingerprint density at radius 2 is 2.00 bits per heavy atom. The number of alkyl halides is 3. The third-order valence-electron chi connectivity index (χ3n) is 2.42. The molecule has 0 aliphatic carbocycles. The number of rotatable bonds is 5. The molecule has 1 N–H and O–H groups in total. The first-order chi connectivity index (χ1) is 9.34. The van der Waals surface area contributed by atoms with Crippen LogP contribution in [0.25, 0.3) is 0 Å². The zero-order chi connectivity index (χ0) is 15.2. The minimum absolute atomic E-state index is 0.00945. The fourth-order valence-corrected chi connectivity index (χ4v) is 1.47. The maximum Gasteiger partial charge on any atom is 0.573 e. The normalized spacial score (nSPS) is 12.3. The Kier molecular flexibility index (Phi) is 5.38. The summed E-state index contributed by atoms with van der Waals surface area (Å²) in [5.41, 5.74) is 0.532. The lowest BCUT2D eigenvalue weighted by Crippen LogP contribution is -2.34. The van der Waals surface area contributed by atoms with Gasteiger partial charge in [-0.2, -0.15) is 5.26 Å². The van der Waals surface area contributed by atoms with E-state index < -0.39 is 12.4 Å². The van der Waals surface area contributed by atoms with Crippen molar-refractivity contribution in [1.82, 2.24) is 5.32 Å². The Bertz CT molecular complexity index is 492. The number of halogens is 3. The molecule has 20 heavy (non-hydrogen) atoms. The fraction of sp³-hybridized carbons (Fsp3) is 0.385. The molecule has 0 saturated carbocycles. The zero-order valence-electron chi connectivity index (χ0n) is 10.7. The van der Waals surface area contributed by atoms with Crippen LogP contribution in [0.15, 0.2) is 24.3 Å². The molecule has 0 bridgehead atoms. The van der Waals surface area contributed by atoms with Crippen LogP contribution in [0.5, 0.6) is 5.75 Å². The first-order valence-corrected chi connectivity index (χ1v) is 5.87. The first kappa shape index (κ1) is 15.8. The summed E-state index contributed by atoms with van der Waals surface area (Å²) in [7, 11) is 0. The summed E-state index contributed by atoms with van der Waals surface area (Å²) >= 11 is 0. The number of carbonyl (C=O) groups is 1. The summed E-state index contributed by atoms with van der Waals surface area (Å²) in [4.78, 5) is 11.6. The van der Waals surface area contributed by atoms with E-state index >= 15 is 0 Å². The maximum atomic E-state index is 12.0. The summed E-state index contributed by atoms with van der Waals surface area (Å²) in [6, 6.07) is 6.38. The Labute approximate surface area is 114 Å². The van der Waals surface area contributed by atoms with Gasteiger partial charge in [-0.15, -0.1) is 13.2 Å². The van der Waals surface area contributed by atoms with Crippen LogP contribution < -0.4 is 10.1 Å². The van der Waals surface area contributed by atoms with Crippen LogP contribution in [0.2, 0.25) is 0 Å². The van der Waals surface area contributed by atoms with Crippen molar-refractivity contribution in [1.29, 1.82) is 5.26 Å². The molecule has 0 aliphatic rings. The van der Waals surface area contributed by atoms with Gasteiger partial charge in [0.25, 0.3) is 0 Å². The van der Waals surface area contributed by atoms with Crippen LogP contribution >= 0.6 is 0 Å². The first-order valence-electron chi connectivity index (χ1n) is 5.87. The van der Waals surface area contributed by atoms with Crippen LogP contribution in [0.3, 0.4) is 0 Å². The quantitative estimate of drug-likeness (QED) is 0.904. The van der Waals surface area contributed by atoms with Crippen molar-refractivity contribution in [3.8, 4) is 11.8 Å².